The van der Waals surface area contributed by atoms with E-state index in [9.17, 15) is 4.79 Å². The van der Waals surface area contributed by atoms with E-state index in [1.807, 2.05) is 24.3 Å². The average Bonchev–Trinajstić information content (AvgIpc) is 2.92. The minimum absolute atomic E-state index is 0.0618. The maximum atomic E-state index is 11.4. The highest BCUT2D eigenvalue weighted by Crippen LogP contribution is 2.19. The first-order valence-electron chi connectivity index (χ1n) is 6.15. The second-order valence-corrected chi connectivity index (χ2v) is 5.03. The minimum Gasteiger partial charge on any atom is -0.353 e. The Balaban J connectivity index is 1.94. The number of carbonyl (C=O) groups excluding carboxylic acids is 1. The molecule has 1 heterocycles. The van der Waals surface area contributed by atoms with Crippen LogP contribution in [0.4, 0.5) is 0 Å². The SMILES string of the molecule is C=CCNC(=O)CCc1nc(-c2ccc(Br)cc2)no1. The van der Waals surface area contributed by atoms with E-state index < -0.39 is 0 Å². The fourth-order valence-electron chi connectivity index (χ4n) is 1.57. The molecule has 1 amide bonds. The lowest BCUT2D eigenvalue weighted by Crippen LogP contribution is -2.23. The summed E-state index contributed by atoms with van der Waals surface area (Å²) in [6.07, 6.45) is 2.37. The van der Waals surface area contributed by atoms with Gasteiger partial charge in [0.2, 0.25) is 17.6 Å². The quantitative estimate of drug-likeness (QED) is 0.824. The normalized spacial score (nSPS) is 10.2. The average molecular weight is 336 g/mol. The Morgan fingerprint density at radius 1 is 1.40 bits per heavy atom. The van der Waals surface area contributed by atoms with E-state index in [1.54, 1.807) is 6.08 Å². The van der Waals surface area contributed by atoms with E-state index in [-0.39, 0.29) is 5.91 Å². The first-order chi connectivity index (χ1) is 9.69. The molecule has 20 heavy (non-hydrogen) atoms. The summed E-state index contributed by atoms with van der Waals surface area (Å²) in [4.78, 5) is 15.7. The predicted molar refractivity (Wildman–Crippen MR) is 79.0 cm³/mol. The number of benzene rings is 1. The van der Waals surface area contributed by atoms with Crippen molar-refractivity contribution in [3.8, 4) is 11.4 Å². The Morgan fingerprint density at radius 3 is 2.85 bits per heavy atom. The van der Waals surface area contributed by atoms with E-state index in [0.717, 1.165) is 10.0 Å². The van der Waals surface area contributed by atoms with Crippen LogP contribution in [-0.4, -0.2) is 22.6 Å². The van der Waals surface area contributed by atoms with Crippen molar-refractivity contribution in [3.05, 3.63) is 47.3 Å². The molecule has 0 atom stereocenters. The molecule has 6 heteroatoms. The number of hydrogen-bond acceptors (Lipinski definition) is 4. The Labute approximate surface area is 125 Å². The van der Waals surface area contributed by atoms with Gasteiger partial charge in [0.1, 0.15) is 0 Å². The Bertz CT molecular complexity index is 593. The molecule has 0 aliphatic heterocycles. The predicted octanol–water partition coefficient (Wildman–Crippen LogP) is 2.73. The summed E-state index contributed by atoms with van der Waals surface area (Å²) in [5, 5.41) is 6.60. The van der Waals surface area contributed by atoms with Gasteiger partial charge < -0.3 is 9.84 Å². The van der Waals surface area contributed by atoms with Crippen molar-refractivity contribution >= 4 is 21.8 Å². The molecule has 0 fully saturated rings. The third kappa shape index (κ3) is 4.03. The van der Waals surface area contributed by atoms with Gasteiger partial charge in [0.25, 0.3) is 0 Å². The number of nitrogens with one attached hydrogen (secondary N) is 1. The number of aryl methyl sites for hydroxylation is 1. The summed E-state index contributed by atoms with van der Waals surface area (Å²) >= 11 is 3.37. The molecule has 1 aromatic carbocycles. The zero-order valence-corrected chi connectivity index (χ0v) is 12.4. The number of nitrogens with zero attached hydrogens (tertiary/aromatic N) is 2. The molecule has 5 nitrogen and oxygen atoms in total. The summed E-state index contributed by atoms with van der Waals surface area (Å²) < 4.78 is 6.12. The van der Waals surface area contributed by atoms with Crippen molar-refractivity contribution in [2.45, 2.75) is 12.8 Å². The lowest BCUT2D eigenvalue weighted by molar-refractivity contribution is -0.120. The van der Waals surface area contributed by atoms with Crippen molar-refractivity contribution in [2.24, 2.45) is 0 Å². The number of hydrogen-bond donors (Lipinski definition) is 1. The highest BCUT2D eigenvalue weighted by atomic mass is 79.9. The highest BCUT2D eigenvalue weighted by Gasteiger charge is 2.10. The molecular formula is C14H14BrN3O2. The van der Waals surface area contributed by atoms with E-state index in [0.29, 0.717) is 31.1 Å². The molecule has 2 aromatic rings. The zero-order valence-electron chi connectivity index (χ0n) is 10.8. The summed E-state index contributed by atoms with van der Waals surface area (Å²) in [6, 6.07) is 7.62. The van der Waals surface area contributed by atoms with Crippen molar-refractivity contribution in [1.29, 1.82) is 0 Å². The van der Waals surface area contributed by atoms with Gasteiger partial charge in [0, 0.05) is 29.4 Å². The van der Waals surface area contributed by atoms with Crippen LogP contribution in [-0.2, 0) is 11.2 Å². The van der Waals surface area contributed by atoms with Gasteiger partial charge in [-0.2, -0.15) is 4.98 Å². The van der Waals surface area contributed by atoms with Crippen LogP contribution < -0.4 is 5.32 Å². The maximum absolute atomic E-state index is 11.4. The Hall–Kier alpha value is -1.95. The van der Waals surface area contributed by atoms with Crippen LogP contribution in [0, 0.1) is 0 Å². The van der Waals surface area contributed by atoms with E-state index in [1.165, 1.54) is 0 Å². The smallest absolute Gasteiger partial charge is 0.227 e. The number of rotatable bonds is 6. The lowest BCUT2D eigenvalue weighted by Gasteiger charge is -1.98. The highest BCUT2D eigenvalue weighted by molar-refractivity contribution is 9.10. The third-order valence-electron chi connectivity index (χ3n) is 2.58. The molecule has 0 spiro atoms. The van der Waals surface area contributed by atoms with Crippen LogP contribution in [0.5, 0.6) is 0 Å². The van der Waals surface area contributed by atoms with Crippen molar-refractivity contribution in [2.75, 3.05) is 6.54 Å². The van der Waals surface area contributed by atoms with Gasteiger partial charge in [0.15, 0.2) is 0 Å². The van der Waals surface area contributed by atoms with Crippen LogP contribution in [0.15, 0.2) is 45.9 Å². The topological polar surface area (TPSA) is 68.0 Å². The monoisotopic (exact) mass is 335 g/mol. The molecule has 0 aliphatic carbocycles. The summed E-state index contributed by atoms with van der Waals surface area (Å²) in [5.41, 5.74) is 0.874. The summed E-state index contributed by atoms with van der Waals surface area (Å²) in [7, 11) is 0. The second kappa shape index (κ2) is 7.00. The number of amides is 1. The molecule has 104 valence electrons. The van der Waals surface area contributed by atoms with Gasteiger partial charge in [-0.1, -0.05) is 27.2 Å². The van der Waals surface area contributed by atoms with Gasteiger partial charge >= 0.3 is 0 Å². The second-order valence-electron chi connectivity index (χ2n) is 4.11. The molecule has 0 unspecified atom stereocenters. The molecule has 0 saturated heterocycles. The van der Waals surface area contributed by atoms with E-state index in [4.69, 9.17) is 4.52 Å². The van der Waals surface area contributed by atoms with Gasteiger partial charge in [-0.25, -0.2) is 0 Å². The van der Waals surface area contributed by atoms with E-state index in [2.05, 4.69) is 38.0 Å². The number of halogens is 1. The first kappa shape index (κ1) is 14.5. The molecule has 1 N–H and O–H groups in total. The number of carbonyl (C=O) groups is 1. The van der Waals surface area contributed by atoms with Crippen LogP contribution in [0.1, 0.15) is 12.3 Å². The fraction of sp³-hybridized carbons (Fsp3) is 0.214. The van der Waals surface area contributed by atoms with Gasteiger partial charge in [-0.15, -0.1) is 6.58 Å². The maximum Gasteiger partial charge on any atom is 0.227 e. The van der Waals surface area contributed by atoms with Crippen molar-refractivity contribution < 1.29 is 9.32 Å². The largest absolute Gasteiger partial charge is 0.353 e. The fourth-order valence-corrected chi connectivity index (χ4v) is 1.83. The molecule has 0 saturated carbocycles. The minimum atomic E-state index is -0.0618. The standard InChI is InChI=1S/C14H14BrN3O2/c1-2-9-16-12(19)7-8-13-17-14(18-20-13)10-3-5-11(15)6-4-10/h2-6H,1,7-9H2,(H,16,19). The molecule has 1 aromatic heterocycles. The van der Waals surface area contributed by atoms with Crippen LogP contribution >= 0.6 is 15.9 Å². The van der Waals surface area contributed by atoms with Crippen LogP contribution in [0.2, 0.25) is 0 Å². The lowest BCUT2D eigenvalue weighted by atomic mass is 10.2. The van der Waals surface area contributed by atoms with E-state index >= 15 is 0 Å². The first-order valence-corrected chi connectivity index (χ1v) is 6.94. The van der Waals surface area contributed by atoms with Crippen LogP contribution in [0.3, 0.4) is 0 Å². The summed E-state index contributed by atoms with van der Waals surface area (Å²) in [6.45, 7) is 4.00. The zero-order chi connectivity index (χ0) is 14.4. The molecule has 0 radical (unpaired) electrons. The Kier molecular flexibility index (Phi) is 5.06. The summed E-state index contributed by atoms with van der Waals surface area (Å²) in [5.74, 6) is 0.920. The molecular weight excluding hydrogens is 322 g/mol. The van der Waals surface area contributed by atoms with Gasteiger partial charge in [-0.3, -0.25) is 4.79 Å². The van der Waals surface area contributed by atoms with Crippen molar-refractivity contribution in [1.82, 2.24) is 15.5 Å². The van der Waals surface area contributed by atoms with Gasteiger partial charge in [-0.05, 0) is 24.3 Å². The third-order valence-corrected chi connectivity index (χ3v) is 3.11. The number of aromatic nitrogens is 2. The Morgan fingerprint density at radius 2 is 2.15 bits per heavy atom. The van der Waals surface area contributed by atoms with Crippen molar-refractivity contribution in [3.63, 3.8) is 0 Å². The molecule has 0 aliphatic rings. The van der Waals surface area contributed by atoms with Crippen LogP contribution in [0.25, 0.3) is 11.4 Å². The van der Waals surface area contributed by atoms with Gasteiger partial charge in [0.05, 0.1) is 0 Å². The molecule has 2 rings (SSSR count). The molecule has 0 bridgehead atoms.